The van der Waals surface area contributed by atoms with Gasteiger partial charge in [0.1, 0.15) is 5.82 Å². The minimum Gasteiger partial charge on any atom is -0.392 e. The summed E-state index contributed by atoms with van der Waals surface area (Å²) in [4.78, 5) is 0. The minimum absolute atomic E-state index is 0.292. The zero-order chi connectivity index (χ0) is 10.6. The van der Waals surface area contributed by atoms with Crippen LogP contribution in [-0.2, 0) is 6.42 Å². The molecule has 76 valence electrons. The average molecular weight is 259 g/mol. The van der Waals surface area contributed by atoms with E-state index >= 15 is 0 Å². The number of hydrogen-bond donors (Lipinski definition) is 1. The molecule has 0 spiro atoms. The smallest absolute Gasteiger partial charge is 0.124 e. The monoisotopic (exact) mass is 258 g/mol. The van der Waals surface area contributed by atoms with Crippen molar-refractivity contribution in [2.45, 2.75) is 18.9 Å². The summed E-state index contributed by atoms with van der Waals surface area (Å²) in [6, 6.07) is 4.62. The Morgan fingerprint density at radius 2 is 2.21 bits per heavy atom. The molecule has 0 bridgehead atoms. The summed E-state index contributed by atoms with van der Waals surface area (Å²) in [6.07, 6.45) is 2.14. The fraction of sp³-hybridized carbons (Fsp3) is 0.273. The summed E-state index contributed by atoms with van der Waals surface area (Å²) in [5.41, 5.74) is 0.784. The maximum absolute atomic E-state index is 12.9. The highest BCUT2D eigenvalue weighted by Crippen LogP contribution is 2.16. The quantitative estimate of drug-likeness (QED) is 0.824. The molecule has 1 rings (SSSR count). The summed E-state index contributed by atoms with van der Waals surface area (Å²) >= 11 is 3.20. The topological polar surface area (TPSA) is 20.2 Å². The molecule has 0 heterocycles. The summed E-state index contributed by atoms with van der Waals surface area (Å²) in [7, 11) is 0. The van der Waals surface area contributed by atoms with E-state index in [1.165, 1.54) is 12.1 Å². The van der Waals surface area contributed by atoms with Gasteiger partial charge in [0.05, 0.1) is 6.10 Å². The van der Waals surface area contributed by atoms with Crippen molar-refractivity contribution < 1.29 is 9.50 Å². The Morgan fingerprint density at radius 3 is 2.79 bits per heavy atom. The number of aliphatic hydroxyl groups excluding tert-OH is 1. The Hall–Kier alpha value is -0.670. The van der Waals surface area contributed by atoms with Gasteiger partial charge < -0.3 is 5.11 Å². The largest absolute Gasteiger partial charge is 0.392 e. The molecule has 0 saturated heterocycles. The highest BCUT2D eigenvalue weighted by atomic mass is 79.9. The number of hydrogen-bond acceptors (Lipinski definition) is 1. The van der Waals surface area contributed by atoms with Crippen molar-refractivity contribution in [2.75, 3.05) is 0 Å². The van der Waals surface area contributed by atoms with E-state index in [0.717, 1.165) is 5.56 Å². The van der Waals surface area contributed by atoms with Crippen molar-refractivity contribution in [1.29, 1.82) is 0 Å². The standard InChI is InChI=1S/C11H12BrFO/c1-2-3-11(14)6-8-4-9(12)7-10(13)5-8/h2,4-5,7,11,14H,1,3,6H2. The second kappa shape index (κ2) is 5.27. The van der Waals surface area contributed by atoms with Crippen LogP contribution < -0.4 is 0 Å². The van der Waals surface area contributed by atoms with E-state index in [1.54, 1.807) is 12.1 Å². The molecule has 0 aliphatic heterocycles. The Labute approximate surface area is 91.4 Å². The van der Waals surface area contributed by atoms with Crippen molar-refractivity contribution in [2.24, 2.45) is 0 Å². The molecule has 0 aromatic heterocycles. The fourth-order valence-corrected chi connectivity index (χ4v) is 1.79. The van der Waals surface area contributed by atoms with Crippen LogP contribution in [0.2, 0.25) is 0 Å². The van der Waals surface area contributed by atoms with Crippen LogP contribution in [0.4, 0.5) is 4.39 Å². The Morgan fingerprint density at radius 1 is 1.50 bits per heavy atom. The molecule has 0 aliphatic carbocycles. The van der Waals surface area contributed by atoms with Crippen LogP contribution in [0.15, 0.2) is 35.3 Å². The van der Waals surface area contributed by atoms with Gasteiger partial charge in [-0.25, -0.2) is 4.39 Å². The maximum Gasteiger partial charge on any atom is 0.124 e. The van der Waals surface area contributed by atoms with Crippen LogP contribution in [0.25, 0.3) is 0 Å². The molecule has 1 nitrogen and oxygen atoms in total. The van der Waals surface area contributed by atoms with Gasteiger partial charge in [-0.05, 0) is 36.6 Å². The molecule has 14 heavy (non-hydrogen) atoms. The lowest BCUT2D eigenvalue weighted by Crippen LogP contribution is -2.08. The van der Waals surface area contributed by atoms with Gasteiger partial charge in [0.15, 0.2) is 0 Å². The zero-order valence-electron chi connectivity index (χ0n) is 7.71. The van der Waals surface area contributed by atoms with Crippen molar-refractivity contribution in [3.63, 3.8) is 0 Å². The molecule has 1 unspecified atom stereocenters. The third kappa shape index (κ3) is 3.60. The summed E-state index contributed by atoms with van der Waals surface area (Å²) in [5, 5.41) is 9.48. The van der Waals surface area contributed by atoms with Gasteiger partial charge in [0.2, 0.25) is 0 Å². The number of aliphatic hydroxyl groups is 1. The fourth-order valence-electron chi connectivity index (χ4n) is 1.28. The van der Waals surface area contributed by atoms with Gasteiger partial charge in [-0.1, -0.05) is 22.0 Å². The van der Waals surface area contributed by atoms with Crippen LogP contribution in [0, 0.1) is 5.82 Å². The predicted molar refractivity (Wildman–Crippen MR) is 58.6 cm³/mol. The molecule has 0 aliphatic rings. The molecule has 1 atom stereocenters. The first-order valence-electron chi connectivity index (χ1n) is 4.35. The molecular formula is C11H12BrFO. The molecular weight excluding hydrogens is 247 g/mol. The minimum atomic E-state index is -0.485. The summed E-state index contributed by atoms with van der Waals surface area (Å²) in [5.74, 6) is -0.292. The molecule has 1 aromatic carbocycles. The second-order valence-corrected chi connectivity index (χ2v) is 4.08. The van der Waals surface area contributed by atoms with E-state index in [2.05, 4.69) is 22.5 Å². The molecule has 0 saturated carbocycles. The van der Waals surface area contributed by atoms with E-state index in [-0.39, 0.29) is 5.82 Å². The van der Waals surface area contributed by atoms with Crippen molar-refractivity contribution in [3.8, 4) is 0 Å². The normalized spacial score (nSPS) is 12.5. The Kier molecular flexibility index (Phi) is 4.29. The van der Waals surface area contributed by atoms with E-state index < -0.39 is 6.10 Å². The van der Waals surface area contributed by atoms with Crippen LogP contribution in [0.5, 0.6) is 0 Å². The first kappa shape index (κ1) is 11.4. The van der Waals surface area contributed by atoms with Crippen molar-refractivity contribution >= 4 is 15.9 Å². The van der Waals surface area contributed by atoms with Gasteiger partial charge in [0, 0.05) is 4.47 Å². The SMILES string of the molecule is C=CCC(O)Cc1cc(F)cc(Br)c1. The third-order valence-corrected chi connectivity index (χ3v) is 2.29. The van der Waals surface area contributed by atoms with Crippen LogP contribution in [-0.4, -0.2) is 11.2 Å². The van der Waals surface area contributed by atoms with E-state index in [0.29, 0.717) is 17.3 Å². The van der Waals surface area contributed by atoms with E-state index in [1.807, 2.05) is 0 Å². The lowest BCUT2D eigenvalue weighted by atomic mass is 10.1. The van der Waals surface area contributed by atoms with Crippen molar-refractivity contribution in [3.05, 3.63) is 46.7 Å². The van der Waals surface area contributed by atoms with Gasteiger partial charge in [-0.3, -0.25) is 0 Å². The number of rotatable bonds is 4. The molecule has 0 radical (unpaired) electrons. The highest BCUT2D eigenvalue weighted by molar-refractivity contribution is 9.10. The van der Waals surface area contributed by atoms with E-state index in [9.17, 15) is 9.50 Å². The van der Waals surface area contributed by atoms with Crippen LogP contribution in [0.1, 0.15) is 12.0 Å². The molecule has 1 N–H and O–H groups in total. The van der Waals surface area contributed by atoms with Crippen molar-refractivity contribution in [1.82, 2.24) is 0 Å². The summed E-state index contributed by atoms with van der Waals surface area (Å²) in [6.45, 7) is 3.53. The number of halogens is 2. The van der Waals surface area contributed by atoms with Gasteiger partial charge in [-0.15, -0.1) is 6.58 Å². The third-order valence-electron chi connectivity index (χ3n) is 1.83. The van der Waals surface area contributed by atoms with Gasteiger partial charge in [-0.2, -0.15) is 0 Å². The Bertz CT molecular complexity index is 305. The maximum atomic E-state index is 12.9. The zero-order valence-corrected chi connectivity index (χ0v) is 9.30. The van der Waals surface area contributed by atoms with Crippen LogP contribution in [0.3, 0.4) is 0 Å². The molecule has 1 aromatic rings. The lowest BCUT2D eigenvalue weighted by molar-refractivity contribution is 0.178. The molecule has 3 heteroatoms. The first-order chi connectivity index (χ1) is 6.61. The lowest BCUT2D eigenvalue weighted by Gasteiger charge is -2.08. The predicted octanol–water partition coefficient (Wildman–Crippen LogP) is 3.07. The molecule has 0 fully saturated rings. The van der Waals surface area contributed by atoms with E-state index in [4.69, 9.17) is 0 Å². The second-order valence-electron chi connectivity index (χ2n) is 3.16. The first-order valence-corrected chi connectivity index (χ1v) is 5.15. The Balaban J connectivity index is 2.71. The average Bonchev–Trinajstić information content (AvgIpc) is 2.01. The summed E-state index contributed by atoms with van der Waals surface area (Å²) < 4.78 is 13.6. The van der Waals surface area contributed by atoms with Gasteiger partial charge >= 0.3 is 0 Å². The van der Waals surface area contributed by atoms with Crippen LogP contribution >= 0.6 is 15.9 Å². The number of benzene rings is 1. The highest BCUT2D eigenvalue weighted by Gasteiger charge is 2.05. The van der Waals surface area contributed by atoms with Gasteiger partial charge in [0.25, 0.3) is 0 Å². The molecule has 0 amide bonds.